The second-order valence-electron chi connectivity index (χ2n) is 6.26. The van der Waals surface area contributed by atoms with Gasteiger partial charge in [-0.15, -0.1) is 0 Å². The number of aromatic nitrogens is 2. The van der Waals surface area contributed by atoms with Gasteiger partial charge in [0, 0.05) is 11.6 Å². The van der Waals surface area contributed by atoms with E-state index in [1.807, 2.05) is 12.1 Å². The molecule has 1 atom stereocenters. The minimum absolute atomic E-state index is 0.156. The minimum atomic E-state index is -0.789. The van der Waals surface area contributed by atoms with Crippen molar-refractivity contribution >= 4 is 11.9 Å². The Morgan fingerprint density at radius 3 is 2.33 bits per heavy atom. The van der Waals surface area contributed by atoms with Crippen molar-refractivity contribution < 1.29 is 19.1 Å². The lowest BCUT2D eigenvalue weighted by Gasteiger charge is -2.19. The van der Waals surface area contributed by atoms with Crippen molar-refractivity contribution in [2.24, 2.45) is 5.92 Å². The first-order valence-corrected chi connectivity index (χ1v) is 8.45. The predicted molar refractivity (Wildman–Crippen MR) is 99.3 cm³/mol. The maximum absolute atomic E-state index is 12.3. The SMILES string of the molecule is COC(=O)[C@@H](NC(=O)Cn1nc(-c2ccc(OC)cc2)ccc1=O)C(C)C. The molecular formula is C19H23N3O5. The van der Waals surface area contributed by atoms with E-state index >= 15 is 0 Å². The van der Waals surface area contributed by atoms with Crippen LogP contribution in [0.1, 0.15) is 13.8 Å². The Hall–Kier alpha value is -3.16. The van der Waals surface area contributed by atoms with E-state index in [2.05, 4.69) is 10.4 Å². The average molecular weight is 373 g/mol. The lowest BCUT2D eigenvalue weighted by Crippen LogP contribution is -2.47. The summed E-state index contributed by atoms with van der Waals surface area (Å²) in [6, 6.07) is 9.32. The molecule has 8 nitrogen and oxygen atoms in total. The number of ether oxygens (including phenoxy) is 2. The van der Waals surface area contributed by atoms with Gasteiger partial charge < -0.3 is 14.8 Å². The third-order valence-electron chi connectivity index (χ3n) is 3.98. The van der Waals surface area contributed by atoms with Crippen LogP contribution in [0.25, 0.3) is 11.3 Å². The van der Waals surface area contributed by atoms with Gasteiger partial charge in [0.2, 0.25) is 5.91 Å². The number of hydrogen-bond donors (Lipinski definition) is 1. The van der Waals surface area contributed by atoms with Crippen LogP contribution in [0, 0.1) is 5.92 Å². The first-order chi connectivity index (χ1) is 12.8. The highest BCUT2D eigenvalue weighted by molar-refractivity contribution is 5.84. The van der Waals surface area contributed by atoms with Crippen molar-refractivity contribution in [3.63, 3.8) is 0 Å². The van der Waals surface area contributed by atoms with Crippen molar-refractivity contribution in [3.05, 3.63) is 46.8 Å². The van der Waals surface area contributed by atoms with Crippen molar-refractivity contribution in [1.29, 1.82) is 0 Å². The summed E-state index contributed by atoms with van der Waals surface area (Å²) in [4.78, 5) is 36.1. The molecule has 0 aliphatic heterocycles. The normalized spacial score (nSPS) is 11.7. The lowest BCUT2D eigenvalue weighted by molar-refractivity contribution is -0.146. The zero-order chi connectivity index (χ0) is 20.0. The summed E-state index contributed by atoms with van der Waals surface area (Å²) in [6.45, 7) is 3.27. The molecule has 1 aromatic heterocycles. The quantitative estimate of drug-likeness (QED) is 0.733. The van der Waals surface area contributed by atoms with Gasteiger partial charge in [0.1, 0.15) is 18.3 Å². The monoisotopic (exact) mass is 373 g/mol. The van der Waals surface area contributed by atoms with E-state index in [9.17, 15) is 14.4 Å². The fourth-order valence-corrected chi connectivity index (χ4v) is 2.46. The standard InChI is InChI=1S/C19H23N3O5/c1-12(2)18(19(25)27-4)20-16(23)11-22-17(24)10-9-15(21-22)13-5-7-14(26-3)8-6-13/h5-10,12,18H,11H2,1-4H3,(H,20,23)/t18-/m0/s1. The molecule has 0 saturated carbocycles. The summed E-state index contributed by atoms with van der Waals surface area (Å²) in [5.41, 5.74) is 0.902. The molecule has 2 rings (SSSR count). The highest BCUT2D eigenvalue weighted by atomic mass is 16.5. The summed E-state index contributed by atoms with van der Waals surface area (Å²) in [5.74, 6) is -0.489. The maximum Gasteiger partial charge on any atom is 0.328 e. The number of carbonyl (C=O) groups is 2. The summed E-state index contributed by atoms with van der Waals surface area (Å²) < 4.78 is 10.9. The fraction of sp³-hybridized carbons (Fsp3) is 0.368. The third-order valence-corrected chi connectivity index (χ3v) is 3.98. The predicted octanol–water partition coefficient (Wildman–Crippen LogP) is 1.23. The highest BCUT2D eigenvalue weighted by Gasteiger charge is 2.25. The number of carbonyl (C=O) groups excluding carboxylic acids is 2. The van der Waals surface area contributed by atoms with Crippen molar-refractivity contribution in [1.82, 2.24) is 15.1 Å². The molecule has 0 aliphatic rings. The van der Waals surface area contributed by atoms with Crippen LogP contribution in [-0.2, 0) is 20.9 Å². The van der Waals surface area contributed by atoms with E-state index in [4.69, 9.17) is 9.47 Å². The van der Waals surface area contributed by atoms with Gasteiger partial charge in [0.25, 0.3) is 5.56 Å². The number of methoxy groups -OCH3 is 2. The Morgan fingerprint density at radius 2 is 1.78 bits per heavy atom. The Kier molecular flexibility index (Phi) is 6.70. The second-order valence-corrected chi connectivity index (χ2v) is 6.26. The number of benzene rings is 1. The van der Waals surface area contributed by atoms with E-state index in [-0.39, 0.29) is 12.5 Å². The Balaban J connectivity index is 2.19. The summed E-state index contributed by atoms with van der Waals surface area (Å²) >= 11 is 0. The van der Waals surface area contributed by atoms with Crippen LogP contribution in [0.3, 0.4) is 0 Å². The molecule has 8 heteroatoms. The molecule has 1 heterocycles. The summed E-state index contributed by atoms with van der Waals surface area (Å²) in [5, 5.41) is 6.83. The molecule has 2 aromatic rings. The molecule has 0 spiro atoms. The number of hydrogen-bond acceptors (Lipinski definition) is 6. The summed E-state index contributed by atoms with van der Waals surface area (Å²) in [6.07, 6.45) is 0. The van der Waals surface area contributed by atoms with Gasteiger partial charge in [-0.25, -0.2) is 9.48 Å². The van der Waals surface area contributed by atoms with Gasteiger partial charge in [-0.3, -0.25) is 9.59 Å². The van der Waals surface area contributed by atoms with Crippen molar-refractivity contribution in [2.45, 2.75) is 26.4 Å². The zero-order valence-corrected chi connectivity index (χ0v) is 15.8. The van der Waals surface area contributed by atoms with Crippen LogP contribution in [0.15, 0.2) is 41.2 Å². The van der Waals surface area contributed by atoms with Crippen LogP contribution in [0.4, 0.5) is 0 Å². The fourth-order valence-electron chi connectivity index (χ4n) is 2.46. The number of amides is 1. The maximum atomic E-state index is 12.3. The number of esters is 1. The molecule has 1 N–H and O–H groups in total. The van der Waals surface area contributed by atoms with E-state index in [0.29, 0.717) is 11.4 Å². The van der Waals surface area contributed by atoms with Crippen molar-refractivity contribution in [2.75, 3.05) is 14.2 Å². The lowest BCUT2D eigenvalue weighted by atomic mass is 10.0. The number of nitrogens with zero attached hydrogens (tertiary/aromatic N) is 2. The smallest absolute Gasteiger partial charge is 0.328 e. The second kappa shape index (κ2) is 8.98. The van der Waals surface area contributed by atoms with Crippen LogP contribution in [0.2, 0.25) is 0 Å². The van der Waals surface area contributed by atoms with Crippen molar-refractivity contribution in [3.8, 4) is 17.0 Å². The van der Waals surface area contributed by atoms with Gasteiger partial charge in [-0.05, 0) is 36.2 Å². The molecule has 144 valence electrons. The molecule has 0 saturated heterocycles. The molecule has 27 heavy (non-hydrogen) atoms. The zero-order valence-electron chi connectivity index (χ0n) is 15.8. The topological polar surface area (TPSA) is 99.5 Å². The van der Waals surface area contributed by atoms with Crippen LogP contribution < -0.4 is 15.6 Å². The molecule has 0 unspecified atom stereocenters. The Bertz CT molecular complexity index is 858. The molecule has 1 aromatic carbocycles. The first-order valence-electron chi connectivity index (χ1n) is 8.45. The number of rotatable bonds is 7. The van der Waals surface area contributed by atoms with Gasteiger partial charge in [-0.2, -0.15) is 5.10 Å². The van der Waals surface area contributed by atoms with Crippen LogP contribution >= 0.6 is 0 Å². The Labute approximate surface area is 157 Å². The molecular weight excluding hydrogens is 350 g/mol. The van der Waals surface area contributed by atoms with E-state index in [1.54, 1.807) is 39.2 Å². The van der Waals surface area contributed by atoms with Gasteiger partial charge >= 0.3 is 5.97 Å². The number of nitrogens with one attached hydrogen (secondary N) is 1. The molecule has 0 aliphatic carbocycles. The van der Waals surface area contributed by atoms with E-state index in [0.717, 1.165) is 10.2 Å². The highest BCUT2D eigenvalue weighted by Crippen LogP contribution is 2.19. The van der Waals surface area contributed by atoms with E-state index in [1.165, 1.54) is 13.2 Å². The summed E-state index contributed by atoms with van der Waals surface area (Å²) in [7, 11) is 2.83. The molecule has 0 bridgehead atoms. The Morgan fingerprint density at radius 1 is 1.11 bits per heavy atom. The third kappa shape index (κ3) is 5.16. The first kappa shape index (κ1) is 20.2. The minimum Gasteiger partial charge on any atom is -0.497 e. The van der Waals surface area contributed by atoms with Gasteiger partial charge in [-0.1, -0.05) is 13.8 Å². The van der Waals surface area contributed by atoms with Gasteiger partial charge in [0.15, 0.2) is 0 Å². The average Bonchev–Trinajstić information content (AvgIpc) is 2.67. The van der Waals surface area contributed by atoms with E-state index < -0.39 is 23.5 Å². The largest absolute Gasteiger partial charge is 0.497 e. The van der Waals surface area contributed by atoms with Crippen LogP contribution in [0.5, 0.6) is 5.75 Å². The van der Waals surface area contributed by atoms with Gasteiger partial charge in [0.05, 0.1) is 19.9 Å². The molecule has 0 radical (unpaired) electrons. The van der Waals surface area contributed by atoms with Crippen LogP contribution in [-0.4, -0.2) is 41.9 Å². The molecule has 1 amide bonds. The molecule has 0 fully saturated rings.